The number of nitrogens with zero attached hydrogens (tertiary/aromatic N) is 2. The van der Waals surface area contributed by atoms with Crippen LogP contribution in [-0.2, 0) is 22.7 Å². The van der Waals surface area contributed by atoms with Crippen LogP contribution in [0.2, 0.25) is 0 Å². The van der Waals surface area contributed by atoms with Gasteiger partial charge < -0.3 is 29.2 Å². The van der Waals surface area contributed by atoms with E-state index in [0.29, 0.717) is 39.0 Å². The molecule has 8 heteroatoms. The van der Waals surface area contributed by atoms with E-state index in [4.69, 9.17) is 18.9 Å². The molecular weight excluding hydrogens is 610 g/mol. The summed E-state index contributed by atoms with van der Waals surface area (Å²) >= 11 is 0. The van der Waals surface area contributed by atoms with Crippen LogP contribution in [0.5, 0.6) is 11.5 Å². The van der Waals surface area contributed by atoms with Crippen molar-refractivity contribution in [2.75, 3.05) is 72.7 Å². The largest absolute Gasteiger partial charge is 0.494 e. The lowest BCUT2D eigenvalue weighted by atomic mass is 9.87. The first-order chi connectivity index (χ1) is 22.7. The average Bonchev–Trinajstić information content (AvgIpc) is 3.10. The fraction of sp³-hybridized carbons (Fsp3) is 0.436. The van der Waals surface area contributed by atoms with Crippen molar-refractivity contribution in [3.8, 4) is 11.5 Å². The fourth-order valence-corrected chi connectivity index (χ4v) is 6.33. The van der Waals surface area contributed by atoms with Gasteiger partial charge in [-0.15, -0.1) is 12.4 Å². The number of ether oxygens (including phenoxy) is 4. The summed E-state index contributed by atoms with van der Waals surface area (Å²) in [7, 11) is 2.19. The van der Waals surface area contributed by atoms with Gasteiger partial charge in [0.05, 0.1) is 32.5 Å². The van der Waals surface area contributed by atoms with Gasteiger partial charge in [-0.1, -0.05) is 60.7 Å². The minimum absolute atomic E-state index is 0. The predicted octanol–water partition coefficient (Wildman–Crippen LogP) is 6.54. The minimum atomic E-state index is 0. The Labute approximate surface area is 286 Å². The smallest absolute Gasteiger partial charge is 0.120 e. The lowest BCUT2D eigenvalue weighted by Crippen LogP contribution is -2.45. The van der Waals surface area contributed by atoms with Crippen molar-refractivity contribution in [2.24, 2.45) is 0 Å². The van der Waals surface area contributed by atoms with Gasteiger partial charge >= 0.3 is 0 Å². The van der Waals surface area contributed by atoms with Gasteiger partial charge in [-0.3, -0.25) is 4.90 Å². The number of piperidine rings is 1. The molecule has 2 fully saturated rings. The molecule has 0 aliphatic carbocycles. The first-order valence-electron chi connectivity index (χ1n) is 16.9. The van der Waals surface area contributed by atoms with E-state index in [2.05, 4.69) is 95.0 Å². The van der Waals surface area contributed by atoms with Crippen molar-refractivity contribution in [2.45, 2.75) is 38.1 Å². The maximum absolute atomic E-state index is 6.57. The van der Waals surface area contributed by atoms with Gasteiger partial charge in [-0.05, 0) is 77.8 Å². The number of nitrogens with one attached hydrogen (secondary N) is 1. The SMILES string of the molecule is CN1CCN(CCOc2ccc3ccc(COC4CNCCC4c4ccc(OCCCOCc5ccccc5)cc4)cc3c2)CC1.Cl. The summed E-state index contributed by atoms with van der Waals surface area (Å²) in [6, 6.07) is 31.9. The molecule has 2 unspecified atom stereocenters. The first-order valence-corrected chi connectivity index (χ1v) is 16.9. The highest BCUT2D eigenvalue weighted by atomic mass is 35.5. The summed E-state index contributed by atoms with van der Waals surface area (Å²) < 4.78 is 24.5. The molecule has 0 spiro atoms. The molecule has 7 nitrogen and oxygen atoms in total. The Morgan fingerprint density at radius 1 is 0.723 bits per heavy atom. The molecule has 0 amide bonds. The van der Waals surface area contributed by atoms with E-state index < -0.39 is 0 Å². The highest BCUT2D eigenvalue weighted by Crippen LogP contribution is 2.30. The Hall–Kier alpha value is -3.17. The van der Waals surface area contributed by atoms with Crippen LogP contribution in [0.1, 0.15) is 35.4 Å². The van der Waals surface area contributed by atoms with Crippen molar-refractivity contribution in [3.05, 3.63) is 108 Å². The van der Waals surface area contributed by atoms with Gasteiger partial charge in [0.1, 0.15) is 18.1 Å². The Bertz CT molecular complexity index is 1480. The van der Waals surface area contributed by atoms with Crippen LogP contribution < -0.4 is 14.8 Å². The number of likely N-dealkylation sites (N-methyl/N-ethyl adjacent to an activating group) is 1. The molecule has 2 heterocycles. The van der Waals surface area contributed by atoms with Gasteiger partial charge in [0.2, 0.25) is 0 Å². The monoisotopic (exact) mass is 659 g/mol. The van der Waals surface area contributed by atoms with E-state index in [1.54, 1.807) is 0 Å². The second kappa shape index (κ2) is 18.4. The van der Waals surface area contributed by atoms with E-state index in [0.717, 1.165) is 70.2 Å². The lowest BCUT2D eigenvalue weighted by Gasteiger charge is -2.32. The zero-order chi connectivity index (χ0) is 31.4. The highest BCUT2D eigenvalue weighted by molar-refractivity contribution is 5.85. The third-order valence-electron chi connectivity index (χ3n) is 9.16. The molecule has 4 aromatic rings. The Kier molecular flexibility index (Phi) is 13.8. The molecule has 6 rings (SSSR count). The zero-order valence-corrected chi connectivity index (χ0v) is 28.5. The Balaban J connectivity index is 0.00000433. The number of piperazine rings is 1. The Morgan fingerprint density at radius 2 is 1.49 bits per heavy atom. The summed E-state index contributed by atoms with van der Waals surface area (Å²) in [4.78, 5) is 4.87. The number of halogens is 1. The highest BCUT2D eigenvalue weighted by Gasteiger charge is 2.27. The van der Waals surface area contributed by atoms with Crippen molar-refractivity contribution in [1.82, 2.24) is 15.1 Å². The molecule has 0 bridgehead atoms. The number of fused-ring (bicyclic) bond motifs is 1. The molecule has 252 valence electrons. The molecule has 2 atom stereocenters. The maximum atomic E-state index is 6.57. The van der Waals surface area contributed by atoms with Crippen LogP contribution in [0, 0.1) is 0 Å². The molecule has 2 aliphatic rings. The summed E-state index contributed by atoms with van der Waals surface area (Å²) in [6.07, 6.45) is 2.02. The van der Waals surface area contributed by atoms with Crippen LogP contribution in [0.15, 0.2) is 91.0 Å². The minimum Gasteiger partial charge on any atom is -0.494 e. The molecule has 0 saturated carbocycles. The van der Waals surface area contributed by atoms with Crippen LogP contribution in [-0.4, -0.2) is 88.6 Å². The summed E-state index contributed by atoms with van der Waals surface area (Å²) in [5.74, 6) is 2.18. The van der Waals surface area contributed by atoms with Crippen molar-refractivity contribution in [1.29, 1.82) is 0 Å². The first kappa shape index (κ1) is 35.1. The summed E-state index contributed by atoms with van der Waals surface area (Å²) in [6.45, 7) is 10.6. The normalized spacial score (nSPS) is 18.9. The average molecular weight is 660 g/mol. The van der Waals surface area contributed by atoms with E-state index in [-0.39, 0.29) is 18.5 Å². The second-order valence-electron chi connectivity index (χ2n) is 12.6. The van der Waals surface area contributed by atoms with Crippen molar-refractivity contribution >= 4 is 23.2 Å². The van der Waals surface area contributed by atoms with E-state index in [9.17, 15) is 0 Å². The van der Waals surface area contributed by atoms with Gasteiger partial charge in [0, 0.05) is 51.6 Å². The molecule has 4 aromatic carbocycles. The zero-order valence-electron chi connectivity index (χ0n) is 27.7. The maximum Gasteiger partial charge on any atom is 0.120 e. The van der Waals surface area contributed by atoms with Crippen LogP contribution >= 0.6 is 12.4 Å². The molecule has 2 aliphatic heterocycles. The molecule has 0 radical (unpaired) electrons. The molecule has 2 saturated heterocycles. The van der Waals surface area contributed by atoms with Gasteiger partial charge in [-0.2, -0.15) is 0 Å². The number of hydrogen-bond donors (Lipinski definition) is 1. The predicted molar refractivity (Wildman–Crippen MR) is 192 cm³/mol. The van der Waals surface area contributed by atoms with E-state index >= 15 is 0 Å². The van der Waals surface area contributed by atoms with Crippen molar-refractivity contribution in [3.63, 3.8) is 0 Å². The molecule has 0 aromatic heterocycles. The lowest BCUT2D eigenvalue weighted by molar-refractivity contribution is 0.0106. The Morgan fingerprint density at radius 3 is 2.32 bits per heavy atom. The standard InChI is InChI=1S/C39H49N3O4.ClH/c1-41-18-20-42(21-19-41)22-25-45-37-15-10-33-9-8-32(26-35(33)27-37)30-46-39-28-40-17-16-38(39)34-11-13-36(14-12-34)44-24-5-23-43-29-31-6-3-2-4-7-31;/h2-4,6-15,26-27,38-40H,5,16-25,28-30H2,1H3;1H. The number of rotatable bonds is 15. The molecule has 1 N–H and O–H groups in total. The topological polar surface area (TPSA) is 55.4 Å². The molecule has 47 heavy (non-hydrogen) atoms. The van der Waals surface area contributed by atoms with Gasteiger partial charge in [-0.25, -0.2) is 0 Å². The van der Waals surface area contributed by atoms with Crippen LogP contribution in [0.3, 0.4) is 0 Å². The van der Waals surface area contributed by atoms with Gasteiger partial charge in [0.25, 0.3) is 0 Å². The molecular formula is C39H50ClN3O4. The van der Waals surface area contributed by atoms with Crippen molar-refractivity contribution < 1.29 is 18.9 Å². The van der Waals surface area contributed by atoms with E-state index in [1.807, 2.05) is 18.2 Å². The number of hydrogen-bond acceptors (Lipinski definition) is 7. The fourth-order valence-electron chi connectivity index (χ4n) is 6.33. The number of benzene rings is 4. The van der Waals surface area contributed by atoms with E-state index in [1.165, 1.54) is 27.5 Å². The van der Waals surface area contributed by atoms with Gasteiger partial charge in [0.15, 0.2) is 0 Å². The third kappa shape index (κ3) is 10.7. The summed E-state index contributed by atoms with van der Waals surface area (Å²) in [5, 5.41) is 5.94. The van der Waals surface area contributed by atoms with Crippen LogP contribution in [0.25, 0.3) is 10.8 Å². The summed E-state index contributed by atoms with van der Waals surface area (Å²) in [5.41, 5.74) is 3.69. The second-order valence-corrected chi connectivity index (χ2v) is 12.6. The quantitative estimate of drug-likeness (QED) is 0.146. The van der Waals surface area contributed by atoms with Crippen LogP contribution in [0.4, 0.5) is 0 Å². The third-order valence-corrected chi connectivity index (χ3v) is 9.16.